The third-order valence-corrected chi connectivity index (χ3v) is 6.47. The van der Waals surface area contributed by atoms with E-state index in [2.05, 4.69) is 5.32 Å². The fourth-order valence-electron chi connectivity index (χ4n) is 3.27. The minimum atomic E-state index is -3.84. The van der Waals surface area contributed by atoms with Crippen LogP contribution in [-0.4, -0.2) is 56.6 Å². The molecule has 0 aliphatic rings. The molecule has 0 saturated carbocycles. The summed E-state index contributed by atoms with van der Waals surface area (Å²) in [6.45, 7) is 5.03. The zero-order valence-electron chi connectivity index (χ0n) is 19.1. The highest BCUT2D eigenvalue weighted by Gasteiger charge is 2.30. The SMILES string of the molecule is CC(C)NC(=O)[C@@H](C)N(CCc1ccccc1)C(=O)CN(c1cc(Cl)cc(Cl)c1)S(C)(=O)=O. The molecule has 0 aliphatic heterocycles. The maximum absolute atomic E-state index is 13.4. The number of amides is 2. The largest absolute Gasteiger partial charge is 0.352 e. The van der Waals surface area contributed by atoms with Crippen LogP contribution in [0.25, 0.3) is 0 Å². The zero-order chi connectivity index (χ0) is 24.8. The van der Waals surface area contributed by atoms with Crippen molar-refractivity contribution < 1.29 is 18.0 Å². The van der Waals surface area contributed by atoms with Crippen molar-refractivity contribution in [1.29, 1.82) is 0 Å². The van der Waals surface area contributed by atoms with Crippen LogP contribution < -0.4 is 9.62 Å². The molecule has 7 nitrogen and oxygen atoms in total. The first-order chi connectivity index (χ1) is 15.4. The molecule has 0 saturated heterocycles. The maximum atomic E-state index is 13.4. The van der Waals surface area contributed by atoms with Crippen molar-refractivity contribution in [2.75, 3.05) is 23.7 Å². The first kappa shape index (κ1) is 27.0. The van der Waals surface area contributed by atoms with Crippen molar-refractivity contribution in [3.05, 3.63) is 64.1 Å². The molecule has 0 aromatic heterocycles. The van der Waals surface area contributed by atoms with Gasteiger partial charge < -0.3 is 10.2 Å². The summed E-state index contributed by atoms with van der Waals surface area (Å²) in [4.78, 5) is 27.4. The van der Waals surface area contributed by atoms with Gasteiger partial charge in [0.25, 0.3) is 0 Å². The second-order valence-corrected chi connectivity index (χ2v) is 10.8. The number of nitrogens with one attached hydrogen (secondary N) is 1. The number of benzene rings is 2. The lowest BCUT2D eigenvalue weighted by Crippen LogP contribution is -2.53. The molecule has 1 N–H and O–H groups in total. The lowest BCUT2D eigenvalue weighted by Gasteiger charge is -2.32. The Bertz CT molecular complexity index is 1060. The minimum absolute atomic E-state index is 0.104. The Morgan fingerprint density at radius 1 is 1.00 bits per heavy atom. The van der Waals surface area contributed by atoms with Crippen molar-refractivity contribution in [1.82, 2.24) is 10.2 Å². The van der Waals surface area contributed by atoms with Gasteiger partial charge in [0.05, 0.1) is 11.9 Å². The molecule has 0 bridgehead atoms. The monoisotopic (exact) mass is 513 g/mol. The minimum Gasteiger partial charge on any atom is -0.352 e. The topological polar surface area (TPSA) is 86.8 Å². The Labute approximate surface area is 205 Å². The van der Waals surface area contributed by atoms with Gasteiger partial charge in [0.15, 0.2) is 0 Å². The predicted octanol–water partition coefficient (Wildman–Crippen LogP) is 3.74. The van der Waals surface area contributed by atoms with Crippen molar-refractivity contribution in [3.8, 4) is 0 Å². The molecule has 2 rings (SSSR count). The molecular weight excluding hydrogens is 485 g/mol. The van der Waals surface area contributed by atoms with Gasteiger partial charge in [-0.1, -0.05) is 53.5 Å². The Morgan fingerprint density at radius 2 is 1.58 bits per heavy atom. The van der Waals surface area contributed by atoms with E-state index in [9.17, 15) is 18.0 Å². The van der Waals surface area contributed by atoms with Crippen LogP contribution in [0.15, 0.2) is 48.5 Å². The van der Waals surface area contributed by atoms with Crippen LogP contribution in [-0.2, 0) is 26.0 Å². The number of carbonyl (C=O) groups is 2. The quantitative estimate of drug-likeness (QED) is 0.524. The summed E-state index contributed by atoms with van der Waals surface area (Å²) >= 11 is 12.1. The molecule has 180 valence electrons. The molecule has 0 fully saturated rings. The standard InChI is InChI=1S/C23H29Cl2N3O4S/c1-16(2)26-23(30)17(3)27(11-10-18-8-6-5-7-9-18)22(29)15-28(33(4,31)32)21-13-19(24)12-20(25)14-21/h5-9,12-14,16-17H,10-11,15H2,1-4H3,(H,26,30)/t17-/m1/s1. The normalized spacial score (nSPS) is 12.3. The van der Waals surface area contributed by atoms with Crippen LogP contribution in [0.4, 0.5) is 5.69 Å². The number of rotatable bonds is 10. The molecule has 0 aliphatic carbocycles. The average Bonchev–Trinajstić information content (AvgIpc) is 2.70. The number of hydrogen-bond acceptors (Lipinski definition) is 4. The number of sulfonamides is 1. The predicted molar refractivity (Wildman–Crippen MR) is 133 cm³/mol. The van der Waals surface area contributed by atoms with Gasteiger partial charge in [0.1, 0.15) is 12.6 Å². The molecule has 2 aromatic rings. The first-order valence-corrected chi connectivity index (χ1v) is 13.1. The smallest absolute Gasteiger partial charge is 0.244 e. The van der Waals surface area contributed by atoms with Crippen LogP contribution in [0.1, 0.15) is 26.3 Å². The number of anilines is 1. The Kier molecular flexibility index (Phi) is 9.57. The van der Waals surface area contributed by atoms with Crippen LogP contribution in [0.5, 0.6) is 0 Å². The van der Waals surface area contributed by atoms with Gasteiger partial charge in [0.2, 0.25) is 21.8 Å². The third-order valence-electron chi connectivity index (χ3n) is 4.90. The van der Waals surface area contributed by atoms with Crippen LogP contribution in [0.2, 0.25) is 10.0 Å². The van der Waals surface area contributed by atoms with E-state index in [4.69, 9.17) is 23.2 Å². The molecule has 33 heavy (non-hydrogen) atoms. The van der Waals surface area contributed by atoms with Crippen molar-refractivity contribution in [2.24, 2.45) is 0 Å². The second-order valence-electron chi connectivity index (χ2n) is 8.06. The van der Waals surface area contributed by atoms with E-state index in [0.29, 0.717) is 6.42 Å². The molecule has 0 spiro atoms. The summed E-state index contributed by atoms with van der Waals surface area (Å²) < 4.78 is 26.0. The number of carbonyl (C=O) groups excluding carboxylic acids is 2. The third kappa shape index (κ3) is 8.21. The molecule has 2 amide bonds. The van der Waals surface area contributed by atoms with E-state index in [1.165, 1.54) is 23.1 Å². The van der Waals surface area contributed by atoms with E-state index < -0.39 is 28.5 Å². The van der Waals surface area contributed by atoms with Crippen LogP contribution in [0, 0.1) is 0 Å². The average molecular weight is 514 g/mol. The van der Waals surface area contributed by atoms with Crippen molar-refractivity contribution in [3.63, 3.8) is 0 Å². The van der Waals surface area contributed by atoms with Crippen LogP contribution in [0.3, 0.4) is 0 Å². The van der Waals surface area contributed by atoms with Gasteiger partial charge >= 0.3 is 0 Å². The molecule has 2 aromatic carbocycles. The highest BCUT2D eigenvalue weighted by molar-refractivity contribution is 7.92. The first-order valence-electron chi connectivity index (χ1n) is 10.5. The summed E-state index contributed by atoms with van der Waals surface area (Å²) in [6, 6.07) is 13.0. The molecule has 0 unspecified atom stereocenters. The maximum Gasteiger partial charge on any atom is 0.244 e. The van der Waals surface area contributed by atoms with E-state index in [-0.39, 0.29) is 34.2 Å². The summed E-state index contributed by atoms with van der Waals surface area (Å²) in [6.07, 6.45) is 1.51. The van der Waals surface area contributed by atoms with Crippen molar-refractivity contribution in [2.45, 2.75) is 39.3 Å². The Hall–Kier alpha value is -2.29. The van der Waals surface area contributed by atoms with E-state index in [0.717, 1.165) is 16.1 Å². The van der Waals surface area contributed by atoms with Crippen LogP contribution >= 0.6 is 23.2 Å². The molecule has 10 heteroatoms. The number of nitrogens with zero attached hydrogens (tertiary/aromatic N) is 2. The fourth-order valence-corrected chi connectivity index (χ4v) is 4.62. The van der Waals surface area contributed by atoms with Gasteiger partial charge in [-0.05, 0) is 51.0 Å². The number of hydrogen-bond donors (Lipinski definition) is 1. The lowest BCUT2D eigenvalue weighted by molar-refractivity contribution is -0.139. The molecule has 1 atom stereocenters. The van der Waals surface area contributed by atoms with E-state index in [1.54, 1.807) is 6.92 Å². The van der Waals surface area contributed by atoms with E-state index >= 15 is 0 Å². The summed E-state index contributed by atoms with van der Waals surface area (Å²) in [5.74, 6) is -0.832. The second kappa shape index (κ2) is 11.7. The van der Waals surface area contributed by atoms with Gasteiger partial charge in [-0.2, -0.15) is 0 Å². The summed E-state index contributed by atoms with van der Waals surface area (Å²) in [5.41, 5.74) is 1.17. The summed E-state index contributed by atoms with van der Waals surface area (Å²) in [7, 11) is -3.84. The molecule has 0 radical (unpaired) electrons. The highest BCUT2D eigenvalue weighted by Crippen LogP contribution is 2.27. The van der Waals surface area contributed by atoms with Gasteiger partial charge in [-0.15, -0.1) is 0 Å². The van der Waals surface area contributed by atoms with Gasteiger partial charge in [-0.25, -0.2) is 8.42 Å². The molecular formula is C23H29Cl2N3O4S. The number of halogens is 2. The summed E-state index contributed by atoms with van der Waals surface area (Å²) in [5, 5.41) is 3.29. The lowest BCUT2D eigenvalue weighted by atomic mass is 10.1. The molecule has 0 heterocycles. The Morgan fingerprint density at radius 3 is 2.09 bits per heavy atom. The van der Waals surface area contributed by atoms with E-state index in [1.807, 2.05) is 44.2 Å². The van der Waals surface area contributed by atoms with Gasteiger partial charge in [-0.3, -0.25) is 13.9 Å². The zero-order valence-corrected chi connectivity index (χ0v) is 21.4. The Balaban J connectivity index is 2.34. The fraction of sp³-hybridized carbons (Fsp3) is 0.391. The van der Waals surface area contributed by atoms with Crippen molar-refractivity contribution >= 4 is 50.7 Å². The van der Waals surface area contributed by atoms with Gasteiger partial charge in [0, 0.05) is 22.6 Å². The highest BCUT2D eigenvalue weighted by atomic mass is 35.5.